The van der Waals surface area contributed by atoms with Crippen LogP contribution in [0.1, 0.15) is 15.9 Å². The molecule has 0 aliphatic carbocycles. The van der Waals surface area contributed by atoms with Crippen molar-refractivity contribution in [1.82, 2.24) is 9.97 Å². The van der Waals surface area contributed by atoms with Crippen LogP contribution in [0.25, 0.3) is 0 Å². The summed E-state index contributed by atoms with van der Waals surface area (Å²) in [5.41, 5.74) is 1.43. The Balaban J connectivity index is 1.61. The summed E-state index contributed by atoms with van der Waals surface area (Å²) in [7, 11) is 1.56. The van der Waals surface area contributed by atoms with Crippen LogP contribution in [0.3, 0.4) is 0 Å². The number of anilines is 2. The number of amides is 1. The number of rotatable bonds is 6. The lowest BCUT2D eigenvalue weighted by atomic mass is 10.2. The lowest BCUT2D eigenvalue weighted by Crippen LogP contribution is -2.13. The van der Waals surface area contributed by atoms with E-state index in [1.54, 1.807) is 49.6 Å². The van der Waals surface area contributed by atoms with Crippen molar-refractivity contribution in [2.45, 2.75) is 6.54 Å². The molecule has 0 aliphatic heterocycles. The average Bonchev–Trinajstić information content (AvgIpc) is 2.68. The third-order valence-electron chi connectivity index (χ3n) is 3.64. The van der Waals surface area contributed by atoms with Gasteiger partial charge < -0.3 is 15.4 Å². The number of halogens is 1. The monoisotopic (exact) mass is 352 g/mol. The molecule has 0 bridgehead atoms. The largest absolute Gasteiger partial charge is 0.497 e. The number of hydrogen-bond donors (Lipinski definition) is 2. The molecule has 1 amide bonds. The summed E-state index contributed by atoms with van der Waals surface area (Å²) in [4.78, 5) is 20.4. The molecule has 0 saturated carbocycles. The smallest absolute Gasteiger partial charge is 0.258 e. The molecule has 7 heteroatoms. The Morgan fingerprint density at radius 1 is 1.12 bits per heavy atom. The van der Waals surface area contributed by atoms with Crippen LogP contribution in [0, 0.1) is 5.82 Å². The highest BCUT2D eigenvalue weighted by atomic mass is 19.1. The maximum atomic E-state index is 13.6. The Labute approximate surface area is 150 Å². The second-order valence-electron chi connectivity index (χ2n) is 5.43. The quantitative estimate of drug-likeness (QED) is 0.710. The molecule has 26 heavy (non-hydrogen) atoms. The lowest BCUT2D eigenvalue weighted by Gasteiger charge is -2.08. The fraction of sp³-hybridized carbons (Fsp3) is 0.105. The molecular weight excluding hydrogens is 335 g/mol. The van der Waals surface area contributed by atoms with E-state index in [1.807, 2.05) is 0 Å². The Bertz CT molecular complexity index is 900. The molecule has 1 aromatic heterocycles. The number of ether oxygens (including phenoxy) is 1. The van der Waals surface area contributed by atoms with Crippen molar-refractivity contribution in [2.24, 2.45) is 0 Å². The molecule has 0 saturated heterocycles. The minimum Gasteiger partial charge on any atom is -0.497 e. The summed E-state index contributed by atoms with van der Waals surface area (Å²) in [6.45, 7) is 0.252. The molecule has 2 N–H and O–H groups in total. The third kappa shape index (κ3) is 4.32. The van der Waals surface area contributed by atoms with Crippen LogP contribution < -0.4 is 15.4 Å². The zero-order valence-corrected chi connectivity index (χ0v) is 14.1. The Kier molecular flexibility index (Phi) is 5.38. The van der Waals surface area contributed by atoms with Crippen LogP contribution in [0.15, 0.2) is 60.9 Å². The van der Waals surface area contributed by atoms with Crippen LogP contribution in [0.4, 0.5) is 16.0 Å². The second kappa shape index (κ2) is 8.06. The first-order chi connectivity index (χ1) is 12.7. The van der Waals surface area contributed by atoms with Gasteiger partial charge in [0.15, 0.2) is 0 Å². The van der Waals surface area contributed by atoms with Gasteiger partial charge in [-0.2, -0.15) is 0 Å². The van der Waals surface area contributed by atoms with Gasteiger partial charge in [0.05, 0.1) is 12.7 Å². The van der Waals surface area contributed by atoms with Crippen molar-refractivity contribution >= 4 is 17.5 Å². The van der Waals surface area contributed by atoms with Gasteiger partial charge in [0.1, 0.15) is 11.6 Å². The van der Waals surface area contributed by atoms with Crippen LogP contribution >= 0.6 is 0 Å². The van der Waals surface area contributed by atoms with Crippen LogP contribution in [0.5, 0.6) is 5.75 Å². The fourth-order valence-electron chi connectivity index (χ4n) is 2.26. The zero-order valence-electron chi connectivity index (χ0n) is 14.1. The van der Waals surface area contributed by atoms with Gasteiger partial charge in [-0.05, 0) is 18.2 Å². The van der Waals surface area contributed by atoms with Crippen molar-refractivity contribution in [2.75, 3.05) is 17.7 Å². The van der Waals surface area contributed by atoms with Crippen LogP contribution in [0.2, 0.25) is 0 Å². The topological polar surface area (TPSA) is 76.1 Å². The Morgan fingerprint density at radius 3 is 2.62 bits per heavy atom. The highest BCUT2D eigenvalue weighted by Gasteiger charge is 2.09. The van der Waals surface area contributed by atoms with E-state index in [4.69, 9.17) is 4.74 Å². The first-order valence-corrected chi connectivity index (χ1v) is 7.90. The predicted molar refractivity (Wildman–Crippen MR) is 96.7 cm³/mol. The lowest BCUT2D eigenvalue weighted by molar-refractivity contribution is 0.102. The molecular formula is C19H17FN4O2. The van der Waals surface area contributed by atoms with Crippen LogP contribution in [-0.4, -0.2) is 23.0 Å². The molecule has 0 aliphatic rings. The van der Waals surface area contributed by atoms with Gasteiger partial charge in [-0.3, -0.25) is 4.79 Å². The standard InChI is InChI=1S/C19H17FN4O2/c1-26-16-7-4-6-15(9-16)24-18(25)14-11-22-19(23-12-14)21-10-13-5-2-3-8-17(13)20/h2-9,11-12H,10H2,1H3,(H,24,25)(H,21,22,23). The Morgan fingerprint density at radius 2 is 1.88 bits per heavy atom. The van der Waals surface area contributed by atoms with Gasteiger partial charge >= 0.3 is 0 Å². The molecule has 0 spiro atoms. The highest BCUT2D eigenvalue weighted by Crippen LogP contribution is 2.17. The molecule has 3 rings (SSSR count). The van der Waals surface area contributed by atoms with E-state index in [-0.39, 0.29) is 18.3 Å². The molecule has 0 radical (unpaired) electrons. The number of hydrogen-bond acceptors (Lipinski definition) is 5. The van der Waals surface area contributed by atoms with Gasteiger partial charge in [-0.25, -0.2) is 14.4 Å². The van der Waals surface area contributed by atoms with Crippen molar-refractivity contribution in [3.8, 4) is 5.75 Å². The van der Waals surface area contributed by atoms with Gasteiger partial charge in [-0.1, -0.05) is 24.3 Å². The zero-order chi connectivity index (χ0) is 18.4. The van der Waals surface area contributed by atoms with Gasteiger partial charge in [0.2, 0.25) is 5.95 Å². The molecule has 1 heterocycles. The van der Waals surface area contributed by atoms with Crippen LogP contribution in [-0.2, 0) is 6.54 Å². The number of aromatic nitrogens is 2. The van der Waals surface area contributed by atoms with E-state index in [2.05, 4.69) is 20.6 Å². The number of nitrogens with zero attached hydrogens (tertiary/aromatic N) is 2. The van der Waals surface area contributed by atoms with E-state index < -0.39 is 0 Å². The number of benzene rings is 2. The maximum absolute atomic E-state index is 13.6. The first kappa shape index (κ1) is 17.3. The normalized spacial score (nSPS) is 10.2. The van der Waals surface area contributed by atoms with Crippen molar-refractivity contribution < 1.29 is 13.9 Å². The summed E-state index contributed by atoms with van der Waals surface area (Å²) < 4.78 is 18.7. The number of carbonyl (C=O) groups is 1. The summed E-state index contributed by atoms with van der Waals surface area (Å²) in [6.07, 6.45) is 2.82. The van der Waals surface area contributed by atoms with E-state index in [1.165, 1.54) is 18.5 Å². The number of methoxy groups -OCH3 is 1. The maximum Gasteiger partial charge on any atom is 0.258 e. The van der Waals surface area contributed by atoms with E-state index in [0.29, 0.717) is 28.5 Å². The molecule has 0 atom stereocenters. The minimum atomic E-state index is -0.334. The number of carbonyl (C=O) groups excluding carboxylic acids is 1. The minimum absolute atomic E-state index is 0.252. The summed E-state index contributed by atoms with van der Waals surface area (Å²) in [5.74, 6) is 0.325. The molecule has 2 aromatic carbocycles. The third-order valence-corrected chi connectivity index (χ3v) is 3.64. The van der Waals surface area contributed by atoms with E-state index >= 15 is 0 Å². The number of nitrogens with one attached hydrogen (secondary N) is 2. The van der Waals surface area contributed by atoms with E-state index in [9.17, 15) is 9.18 Å². The molecule has 0 fully saturated rings. The Hall–Kier alpha value is -3.48. The summed E-state index contributed by atoms with van der Waals surface area (Å²) in [5, 5.41) is 5.67. The predicted octanol–water partition coefficient (Wildman–Crippen LogP) is 3.49. The van der Waals surface area contributed by atoms with Gasteiger partial charge in [0, 0.05) is 36.3 Å². The molecule has 132 valence electrons. The van der Waals surface area contributed by atoms with Crippen molar-refractivity contribution in [3.63, 3.8) is 0 Å². The fourth-order valence-corrected chi connectivity index (χ4v) is 2.26. The second-order valence-corrected chi connectivity index (χ2v) is 5.43. The first-order valence-electron chi connectivity index (χ1n) is 7.90. The highest BCUT2D eigenvalue weighted by molar-refractivity contribution is 6.03. The van der Waals surface area contributed by atoms with Crippen molar-refractivity contribution in [3.05, 3.63) is 77.9 Å². The van der Waals surface area contributed by atoms with Gasteiger partial charge in [0.25, 0.3) is 5.91 Å². The SMILES string of the molecule is COc1cccc(NC(=O)c2cnc(NCc3ccccc3F)nc2)c1. The molecule has 6 nitrogen and oxygen atoms in total. The summed E-state index contributed by atoms with van der Waals surface area (Å²) in [6, 6.07) is 13.5. The molecule has 3 aromatic rings. The van der Waals surface area contributed by atoms with Crippen molar-refractivity contribution in [1.29, 1.82) is 0 Å². The van der Waals surface area contributed by atoms with E-state index in [0.717, 1.165) is 0 Å². The average molecular weight is 352 g/mol. The molecule has 0 unspecified atom stereocenters. The summed E-state index contributed by atoms with van der Waals surface area (Å²) >= 11 is 0. The van der Waals surface area contributed by atoms with Gasteiger partial charge in [-0.15, -0.1) is 0 Å².